The molecule has 0 bridgehead atoms. The Hall–Kier alpha value is -2.67. The van der Waals surface area contributed by atoms with Crippen LogP contribution in [0.15, 0.2) is 29.8 Å². The third-order valence-electron chi connectivity index (χ3n) is 14.8. The van der Waals surface area contributed by atoms with E-state index in [1.165, 1.54) is 23.6 Å². The average Bonchev–Trinajstić information content (AvgIpc) is 3.52. The molecular formula is C40H53NO7S. The first-order valence-electron chi connectivity index (χ1n) is 18.6. The molecular weight excluding hydrogens is 639 g/mol. The van der Waals surface area contributed by atoms with Crippen LogP contribution in [-0.4, -0.2) is 37.0 Å². The molecule has 3 N–H and O–H groups in total. The Kier molecular flexibility index (Phi) is 8.89. The van der Waals surface area contributed by atoms with Crippen molar-refractivity contribution < 1.29 is 32.0 Å². The average molecular weight is 692 g/mol. The van der Waals surface area contributed by atoms with Gasteiger partial charge >= 0.3 is 16.3 Å². The number of ketones is 1. The third-order valence-corrected chi connectivity index (χ3v) is 15.3. The lowest BCUT2D eigenvalue weighted by molar-refractivity contribution is -0.167. The van der Waals surface area contributed by atoms with Gasteiger partial charge < -0.3 is 14.0 Å². The summed E-state index contributed by atoms with van der Waals surface area (Å²) < 4.78 is 32.8. The molecule has 7 aliphatic rings. The molecule has 0 spiro atoms. The van der Waals surface area contributed by atoms with E-state index >= 15 is 0 Å². The van der Waals surface area contributed by atoms with Crippen LogP contribution in [0.3, 0.4) is 0 Å². The van der Waals surface area contributed by atoms with Gasteiger partial charge in [-0.05, 0) is 160 Å². The Labute approximate surface area is 292 Å². The standard InChI is InChI=1S/C22H28O3.C18H25NO4S/c1-4-22(25-14(2)23)12-10-20-19-7-5-15-13-16(24)6-8-17(15)18(19)9-11-21(20,22)3;1-18-9-8-14-13-5-3-12(23-24(19,21)22)10-11(13)2-4-15(14)16(18)6-7-17(18)20/h1,13,17-20H,5-12H2,2-3H3;3,5,10,14-17,20H,2,4,6-9H2,1H3,(H2,19,21,22)/t17-,18+,19+,20-,21-,22-;14-,15-,16+,17+,18+/m01/s1. The molecule has 0 heterocycles. The number of terminal acetylenes is 1. The van der Waals surface area contributed by atoms with Crippen LogP contribution in [0, 0.1) is 58.7 Å². The molecule has 1 aromatic rings. The van der Waals surface area contributed by atoms with Crippen LogP contribution in [0.5, 0.6) is 5.75 Å². The molecule has 5 saturated carbocycles. The molecule has 0 saturated heterocycles. The lowest BCUT2D eigenvalue weighted by atomic mass is 9.50. The zero-order chi connectivity index (χ0) is 34.9. The van der Waals surface area contributed by atoms with Crippen LogP contribution in [0.25, 0.3) is 0 Å². The molecule has 0 aliphatic heterocycles. The number of rotatable bonds is 3. The Morgan fingerprint density at radius 3 is 2.43 bits per heavy atom. The number of ether oxygens (including phenoxy) is 1. The number of benzene rings is 1. The van der Waals surface area contributed by atoms with E-state index in [1.807, 2.05) is 18.2 Å². The van der Waals surface area contributed by atoms with Gasteiger partial charge in [0.25, 0.3) is 0 Å². The van der Waals surface area contributed by atoms with E-state index in [2.05, 4.69) is 19.8 Å². The quantitative estimate of drug-likeness (QED) is 0.271. The van der Waals surface area contributed by atoms with Crippen molar-refractivity contribution in [3.63, 3.8) is 0 Å². The molecule has 9 heteroatoms. The maximum atomic E-state index is 11.8. The third kappa shape index (κ3) is 5.88. The molecule has 0 aromatic heterocycles. The van der Waals surface area contributed by atoms with Gasteiger partial charge in [0.05, 0.1) is 6.10 Å². The largest absolute Gasteiger partial charge is 0.445 e. The number of esters is 1. The van der Waals surface area contributed by atoms with Crippen molar-refractivity contribution in [3.05, 3.63) is 41.0 Å². The second kappa shape index (κ2) is 12.5. The number of allylic oxidation sites excluding steroid dienone is 1. The molecule has 1 aromatic carbocycles. The fraction of sp³-hybridized carbons (Fsp3) is 0.700. The molecule has 0 radical (unpaired) electrons. The van der Waals surface area contributed by atoms with Crippen LogP contribution >= 0.6 is 0 Å². The van der Waals surface area contributed by atoms with Gasteiger partial charge in [-0.1, -0.05) is 31.4 Å². The highest BCUT2D eigenvalue weighted by Crippen LogP contribution is 2.66. The molecule has 49 heavy (non-hydrogen) atoms. The first-order valence-corrected chi connectivity index (χ1v) is 20.1. The lowest BCUT2D eigenvalue weighted by Crippen LogP contribution is -2.53. The lowest BCUT2D eigenvalue weighted by Gasteiger charge is -2.55. The second-order valence-electron chi connectivity index (χ2n) is 16.9. The number of carbonyl (C=O) groups is 2. The van der Waals surface area contributed by atoms with Crippen molar-refractivity contribution >= 4 is 22.1 Å². The summed E-state index contributed by atoms with van der Waals surface area (Å²) >= 11 is 0. The minimum Gasteiger partial charge on any atom is -0.445 e. The predicted molar refractivity (Wildman–Crippen MR) is 186 cm³/mol. The molecule has 7 aliphatic carbocycles. The van der Waals surface area contributed by atoms with Crippen LogP contribution in [-0.2, 0) is 31.1 Å². The molecule has 5 fully saturated rings. The van der Waals surface area contributed by atoms with Crippen molar-refractivity contribution in [2.45, 2.75) is 128 Å². The smallest absolute Gasteiger partial charge is 0.380 e. The van der Waals surface area contributed by atoms with Gasteiger partial charge in [0.2, 0.25) is 0 Å². The van der Waals surface area contributed by atoms with E-state index in [9.17, 15) is 23.1 Å². The van der Waals surface area contributed by atoms with Gasteiger partial charge in [-0.15, -0.1) is 6.42 Å². The topological polar surface area (TPSA) is 133 Å². The van der Waals surface area contributed by atoms with Gasteiger partial charge in [0.1, 0.15) is 5.75 Å². The number of fused-ring (bicyclic) bond motifs is 10. The summed E-state index contributed by atoms with van der Waals surface area (Å²) in [5, 5.41) is 15.4. The van der Waals surface area contributed by atoms with Crippen LogP contribution in [0.2, 0.25) is 0 Å². The van der Waals surface area contributed by atoms with Crippen molar-refractivity contribution in [3.8, 4) is 18.1 Å². The number of nitrogens with two attached hydrogens (primary N) is 1. The van der Waals surface area contributed by atoms with Crippen molar-refractivity contribution in [1.82, 2.24) is 0 Å². The summed E-state index contributed by atoms with van der Waals surface area (Å²) in [4.78, 5) is 23.5. The number of aliphatic hydroxyl groups is 1. The Bertz CT molecular complexity index is 1700. The summed E-state index contributed by atoms with van der Waals surface area (Å²) in [5.41, 5.74) is 3.15. The summed E-state index contributed by atoms with van der Waals surface area (Å²) in [7, 11) is -3.98. The molecule has 266 valence electrons. The number of carbonyl (C=O) groups excluding carboxylic acids is 2. The van der Waals surface area contributed by atoms with E-state index in [0.29, 0.717) is 59.4 Å². The van der Waals surface area contributed by atoms with E-state index in [-0.39, 0.29) is 22.9 Å². The highest BCUT2D eigenvalue weighted by atomic mass is 32.2. The second-order valence-corrected chi connectivity index (χ2v) is 18.0. The SMILES string of the molecule is C#C[C@]1(OC(C)=O)CC[C@H]2[C@@H]3CCC4=CC(=O)CC[C@@H]4[C@H]3CC[C@@]21C.C[C@]12CC[C@@H]3c4ccc(OS(N)(=O)=O)cc4CC[C@H]3[C@@H]1CC[C@@H]2O. The van der Waals surface area contributed by atoms with Gasteiger partial charge in [0.15, 0.2) is 11.4 Å². The normalized spacial score (nSPS) is 41.9. The fourth-order valence-electron chi connectivity index (χ4n) is 12.6. The summed E-state index contributed by atoms with van der Waals surface area (Å²) in [6.45, 7) is 6.00. The summed E-state index contributed by atoms with van der Waals surface area (Å²) in [6, 6.07) is 5.55. The van der Waals surface area contributed by atoms with E-state index in [0.717, 1.165) is 83.5 Å². The van der Waals surface area contributed by atoms with E-state index < -0.39 is 15.9 Å². The maximum absolute atomic E-state index is 11.8. The Morgan fingerprint density at radius 2 is 1.69 bits per heavy atom. The van der Waals surface area contributed by atoms with Crippen LogP contribution in [0.4, 0.5) is 0 Å². The first-order chi connectivity index (χ1) is 23.2. The van der Waals surface area contributed by atoms with Crippen molar-refractivity contribution in [1.29, 1.82) is 0 Å². The number of hydrogen-bond donors (Lipinski definition) is 2. The number of aliphatic hydroxyl groups excluding tert-OH is 1. The minimum absolute atomic E-state index is 0.0787. The fourth-order valence-corrected chi connectivity index (χ4v) is 12.9. The van der Waals surface area contributed by atoms with Gasteiger partial charge in [0, 0.05) is 18.8 Å². The number of aryl methyl sites for hydroxylation is 1. The summed E-state index contributed by atoms with van der Waals surface area (Å²) in [6.07, 6.45) is 21.9. The molecule has 8 rings (SSSR count). The van der Waals surface area contributed by atoms with Crippen LogP contribution in [0.1, 0.15) is 121 Å². The van der Waals surface area contributed by atoms with Crippen molar-refractivity contribution in [2.75, 3.05) is 0 Å². The Morgan fingerprint density at radius 1 is 0.918 bits per heavy atom. The highest BCUT2D eigenvalue weighted by Gasteiger charge is 2.64. The molecule has 11 atom stereocenters. The predicted octanol–water partition coefficient (Wildman–Crippen LogP) is 6.55. The van der Waals surface area contributed by atoms with E-state index in [1.54, 1.807) is 6.07 Å². The Balaban J connectivity index is 0.000000154. The zero-order valence-corrected chi connectivity index (χ0v) is 30.1. The molecule has 0 amide bonds. The van der Waals surface area contributed by atoms with Gasteiger partial charge in [-0.25, -0.2) is 0 Å². The highest BCUT2D eigenvalue weighted by molar-refractivity contribution is 7.84. The van der Waals surface area contributed by atoms with Gasteiger partial charge in [-0.2, -0.15) is 13.6 Å². The number of hydrogen-bond acceptors (Lipinski definition) is 7. The molecule has 8 nitrogen and oxygen atoms in total. The summed E-state index contributed by atoms with van der Waals surface area (Å²) in [5.74, 6) is 7.44. The first kappa shape index (κ1) is 34.8. The van der Waals surface area contributed by atoms with Crippen LogP contribution < -0.4 is 9.32 Å². The maximum Gasteiger partial charge on any atom is 0.380 e. The van der Waals surface area contributed by atoms with E-state index in [4.69, 9.17) is 20.5 Å². The van der Waals surface area contributed by atoms with Gasteiger partial charge in [-0.3, -0.25) is 9.59 Å². The zero-order valence-electron chi connectivity index (χ0n) is 29.3. The molecule has 0 unspecified atom stereocenters. The minimum atomic E-state index is -3.98. The monoisotopic (exact) mass is 691 g/mol. The van der Waals surface area contributed by atoms with Crippen molar-refractivity contribution in [2.24, 2.45) is 51.5 Å².